The van der Waals surface area contributed by atoms with Gasteiger partial charge in [-0.3, -0.25) is 9.48 Å². The van der Waals surface area contributed by atoms with E-state index in [-0.39, 0.29) is 5.91 Å². The van der Waals surface area contributed by atoms with Crippen LogP contribution in [-0.2, 0) is 18.4 Å². The molecule has 5 heteroatoms. The van der Waals surface area contributed by atoms with Crippen LogP contribution < -0.4 is 10.6 Å². The Morgan fingerprint density at radius 2 is 2.06 bits per heavy atom. The molecule has 0 aliphatic carbocycles. The number of hydrogen-bond acceptors (Lipinski definition) is 3. The maximum atomic E-state index is 11.4. The van der Waals surface area contributed by atoms with Crippen LogP contribution in [0.3, 0.4) is 0 Å². The topological polar surface area (TPSA) is 59.0 Å². The average molecular weight is 252 g/mol. The van der Waals surface area contributed by atoms with E-state index in [1.165, 1.54) is 11.3 Å². The Balaban J connectivity index is 2.27. The number of nitrogens with one attached hydrogen (secondary N) is 2. The van der Waals surface area contributed by atoms with Crippen molar-refractivity contribution in [3.63, 3.8) is 0 Å². The predicted octanol–water partition coefficient (Wildman–Crippen LogP) is 1.04. The van der Waals surface area contributed by atoms with E-state index in [0.29, 0.717) is 13.0 Å². The quantitative estimate of drug-likeness (QED) is 0.713. The second-order valence-electron chi connectivity index (χ2n) is 4.55. The van der Waals surface area contributed by atoms with Gasteiger partial charge in [0.25, 0.3) is 0 Å². The summed E-state index contributed by atoms with van der Waals surface area (Å²) in [6, 6.07) is 0. The minimum atomic E-state index is 0.115. The van der Waals surface area contributed by atoms with E-state index in [2.05, 4.69) is 22.7 Å². The summed E-state index contributed by atoms with van der Waals surface area (Å²) in [5.74, 6) is 0.115. The van der Waals surface area contributed by atoms with Crippen molar-refractivity contribution in [3.05, 3.63) is 17.0 Å². The lowest BCUT2D eigenvalue weighted by Gasteiger charge is -2.06. The fraction of sp³-hybridized carbons (Fsp3) is 0.692. The summed E-state index contributed by atoms with van der Waals surface area (Å²) in [5.41, 5.74) is 3.46. The SMILES string of the molecule is CCCNC(=O)CCNCc1c(C)nn(C)c1C. The minimum Gasteiger partial charge on any atom is -0.356 e. The highest BCUT2D eigenvalue weighted by Gasteiger charge is 2.08. The molecule has 0 bridgehead atoms. The normalized spacial score (nSPS) is 10.7. The molecule has 1 amide bonds. The van der Waals surface area contributed by atoms with Gasteiger partial charge in [-0.05, 0) is 20.3 Å². The van der Waals surface area contributed by atoms with E-state index < -0.39 is 0 Å². The molecule has 0 aromatic carbocycles. The Morgan fingerprint density at radius 3 is 2.61 bits per heavy atom. The molecule has 0 fully saturated rings. The van der Waals surface area contributed by atoms with Gasteiger partial charge in [0.1, 0.15) is 0 Å². The molecule has 0 radical (unpaired) electrons. The molecule has 0 aliphatic heterocycles. The van der Waals surface area contributed by atoms with Crippen molar-refractivity contribution in [2.24, 2.45) is 7.05 Å². The van der Waals surface area contributed by atoms with Crippen LogP contribution in [0.1, 0.15) is 36.7 Å². The highest BCUT2D eigenvalue weighted by atomic mass is 16.1. The number of aromatic nitrogens is 2. The van der Waals surface area contributed by atoms with Gasteiger partial charge in [-0.15, -0.1) is 0 Å². The fourth-order valence-electron chi connectivity index (χ4n) is 1.84. The highest BCUT2D eigenvalue weighted by molar-refractivity contribution is 5.75. The monoisotopic (exact) mass is 252 g/mol. The minimum absolute atomic E-state index is 0.115. The van der Waals surface area contributed by atoms with Crippen LogP contribution in [-0.4, -0.2) is 28.8 Å². The van der Waals surface area contributed by atoms with Crippen LogP contribution in [0, 0.1) is 13.8 Å². The first-order valence-corrected chi connectivity index (χ1v) is 6.52. The van der Waals surface area contributed by atoms with Crippen LogP contribution in [0.4, 0.5) is 0 Å². The van der Waals surface area contributed by atoms with Gasteiger partial charge < -0.3 is 10.6 Å². The summed E-state index contributed by atoms with van der Waals surface area (Å²) >= 11 is 0. The Labute approximate surface area is 109 Å². The molecular weight excluding hydrogens is 228 g/mol. The summed E-state index contributed by atoms with van der Waals surface area (Å²) < 4.78 is 1.89. The zero-order valence-corrected chi connectivity index (χ0v) is 11.8. The molecule has 1 aromatic rings. The third kappa shape index (κ3) is 4.14. The van der Waals surface area contributed by atoms with Crippen molar-refractivity contribution >= 4 is 5.91 Å². The molecule has 0 aliphatic rings. The van der Waals surface area contributed by atoms with Gasteiger partial charge in [-0.1, -0.05) is 6.92 Å². The summed E-state index contributed by atoms with van der Waals surface area (Å²) in [6.07, 6.45) is 1.51. The van der Waals surface area contributed by atoms with Gasteiger partial charge in [0.05, 0.1) is 5.69 Å². The largest absolute Gasteiger partial charge is 0.356 e. The van der Waals surface area contributed by atoms with Crippen LogP contribution in [0.25, 0.3) is 0 Å². The predicted molar refractivity (Wildman–Crippen MR) is 72.3 cm³/mol. The van der Waals surface area contributed by atoms with Crippen LogP contribution in [0.2, 0.25) is 0 Å². The van der Waals surface area contributed by atoms with Crippen LogP contribution in [0.5, 0.6) is 0 Å². The second kappa shape index (κ2) is 7.16. The summed E-state index contributed by atoms with van der Waals surface area (Å²) in [6.45, 7) is 8.35. The lowest BCUT2D eigenvalue weighted by atomic mass is 10.2. The van der Waals surface area contributed by atoms with Crippen molar-refractivity contribution in [2.45, 2.75) is 40.2 Å². The van der Waals surface area contributed by atoms with E-state index in [1.807, 2.05) is 25.6 Å². The molecule has 1 rings (SSSR count). The maximum Gasteiger partial charge on any atom is 0.221 e. The van der Waals surface area contributed by atoms with Crippen molar-refractivity contribution in [1.82, 2.24) is 20.4 Å². The average Bonchev–Trinajstić information content (AvgIpc) is 2.57. The molecule has 1 aromatic heterocycles. The standard InChI is InChI=1S/C13H24N4O/c1-5-7-15-13(18)6-8-14-9-12-10(2)16-17(4)11(12)3/h14H,5-9H2,1-4H3,(H,15,18). The molecule has 5 nitrogen and oxygen atoms in total. The summed E-state index contributed by atoms with van der Waals surface area (Å²) in [4.78, 5) is 11.4. The molecule has 1 heterocycles. The van der Waals surface area contributed by atoms with Crippen LogP contribution in [0.15, 0.2) is 0 Å². The zero-order chi connectivity index (χ0) is 13.5. The van der Waals surface area contributed by atoms with E-state index in [4.69, 9.17) is 0 Å². The van der Waals surface area contributed by atoms with Gasteiger partial charge in [-0.25, -0.2) is 0 Å². The number of aryl methyl sites for hydroxylation is 2. The van der Waals surface area contributed by atoms with Gasteiger partial charge >= 0.3 is 0 Å². The number of carbonyl (C=O) groups is 1. The lowest BCUT2D eigenvalue weighted by molar-refractivity contribution is -0.120. The number of hydrogen-bond donors (Lipinski definition) is 2. The molecule has 0 saturated heterocycles. The fourth-order valence-corrected chi connectivity index (χ4v) is 1.84. The number of rotatable bonds is 7. The van der Waals surface area contributed by atoms with E-state index >= 15 is 0 Å². The van der Waals surface area contributed by atoms with E-state index in [1.54, 1.807) is 0 Å². The van der Waals surface area contributed by atoms with Crippen LogP contribution >= 0.6 is 0 Å². The van der Waals surface area contributed by atoms with Crippen molar-refractivity contribution in [3.8, 4) is 0 Å². The van der Waals surface area contributed by atoms with Crippen molar-refractivity contribution in [2.75, 3.05) is 13.1 Å². The molecule has 0 spiro atoms. The molecule has 0 unspecified atom stereocenters. The third-order valence-electron chi connectivity index (χ3n) is 3.06. The first-order valence-electron chi connectivity index (χ1n) is 6.52. The van der Waals surface area contributed by atoms with E-state index in [9.17, 15) is 4.79 Å². The molecular formula is C13H24N4O. The number of amides is 1. The van der Waals surface area contributed by atoms with Gasteiger partial charge in [-0.2, -0.15) is 5.10 Å². The third-order valence-corrected chi connectivity index (χ3v) is 3.06. The first kappa shape index (κ1) is 14.7. The Bertz CT molecular complexity index is 398. The van der Waals surface area contributed by atoms with Gasteiger partial charge in [0, 0.05) is 44.4 Å². The number of nitrogens with zero attached hydrogens (tertiary/aromatic N) is 2. The Morgan fingerprint density at radius 1 is 1.33 bits per heavy atom. The molecule has 0 saturated carbocycles. The molecule has 102 valence electrons. The maximum absolute atomic E-state index is 11.4. The number of carbonyl (C=O) groups excluding carboxylic acids is 1. The Hall–Kier alpha value is -1.36. The smallest absolute Gasteiger partial charge is 0.221 e. The van der Waals surface area contributed by atoms with Gasteiger partial charge in [0.15, 0.2) is 0 Å². The Kier molecular flexibility index (Phi) is 5.85. The van der Waals surface area contributed by atoms with Gasteiger partial charge in [0.2, 0.25) is 5.91 Å². The zero-order valence-electron chi connectivity index (χ0n) is 11.8. The second-order valence-corrected chi connectivity index (χ2v) is 4.55. The summed E-state index contributed by atoms with van der Waals surface area (Å²) in [7, 11) is 1.95. The van der Waals surface area contributed by atoms with Crippen molar-refractivity contribution in [1.29, 1.82) is 0 Å². The molecule has 18 heavy (non-hydrogen) atoms. The molecule has 0 atom stereocenters. The highest BCUT2D eigenvalue weighted by Crippen LogP contribution is 2.10. The van der Waals surface area contributed by atoms with Crippen molar-refractivity contribution < 1.29 is 4.79 Å². The lowest BCUT2D eigenvalue weighted by Crippen LogP contribution is -2.28. The summed E-state index contributed by atoms with van der Waals surface area (Å²) in [5, 5.41) is 10.5. The van der Waals surface area contributed by atoms with E-state index in [0.717, 1.165) is 25.2 Å². The first-order chi connectivity index (χ1) is 8.56. The molecule has 2 N–H and O–H groups in total.